The summed E-state index contributed by atoms with van der Waals surface area (Å²) in [6.07, 6.45) is 4.79. The first-order chi connectivity index (χ1) is 7.66. The normalized spacial score (nSPS) is 10.7. The Kier molecular flexibility index (Phi) is 2.94. The molecule has 5 nitrogen and oxygen atoms in total. The molecule has 0 radical (unpaired) electrons. The van der Waals surface area contributed by atoms with Gasteiger partial charge in [0.05, 0.1) is 11.4 Å². The molecule has 2 heterocycles. The smallest absolute Gasteiger partial charge is 0.0824 e. The molecule has 0 amide bonds. The van der Waals surface area contributed by atoms with Crippen molar-refractivity contribution in [3.8, 4) is 0 Å². The Morgan fingerprint density at radius 2 is 2.19 bits per heavy atom. The molecule has 16 heavy (non-hydrogen) atoms. The van der Waals surface area contributed by atoms with E-state index in [1.54, 1.807) is 0 Å². The highest BCUT2D eigenvalue weighted by molar-refractivity contribution is 5.45. The molecule has 0 fully saturated rings. The predicted molar refractivity (Wildman–Crippen MR) is 63.3 cm³/mol. The van der Waals surface area contributed by atoms with Gasteiger partial charge in [-0.3, -0.25) is 9.36 Å². The lowest BCUT2D eigenvalue weighted by Gasteiger charge is -2.04. The summed E-state index contributed by atoms with van der Waals surface area (Å²) in [7, 11) is 3.89. The maximum absolute atomic E-state index is 4.28. The van der Waals surface area contributed by atoms with Crippen LogP contribution < -0.4 is 5.32 Å². The molecule has 0 saturated carbocycles. The third-order valence-electron chi connectivity index (χ3n) is 2.63. The highest BCUT2D eigenvalue weighted by atomic mass is 15.3. The van der Waals surface area contributed by atoms with Crippen LogP contribution in [0, 0.1) is 6.92 Å². The maximum Gasteiger partial charge on any atom is 0.0824 e. The predicted octanol–water partition coefficient (Wildman–Crippen LogP) is 1.12. The van der Waals surface area contributed by atoms with E-state index in [0.717, 1.165) is 24.3 Å². The molecule has 0 bridgehead atoms. The molecule has 2 rings (SSSR count). The first-order valence-corrected chi connectivity index (χ1v) is 5.38. The van der Waals surface area contributed by atoms with Gasteiger partial charge in [0.2, 0.25) is 0 Å². The summed E-state index contributed by atoms with van der Waals surface area (Å²) >= 11 is 0. The van der Waals surface area contributed by atoms with E-state index in [0.29, 0.717) is 0 Å². The molecule has 1 N–H and O–H groups in total. The minimum atomic E-state index is 0.895. The van der Waals surface area contributed by atoms with Crippen LogP contribution in [-0.4, -0.2) is 26.1 Å². The van der Waals surface area contributed by atoms with Crippen LogP contribution in [0.1, 0.15) is 11.4 Å². The number of aromatic nitrogens is 4. The first kappa shape index (κ1) is 10.7. The molecule has 5 heteroatoms. The topological polar surface area (TPSA) is 47.7 Å². The van der Waals surface area contributed by atoms with Gasteiger partial charge in [-0.05, 0) is 13.0 Å². The van der Waals surface area contributed by atoms with Crippen molar-refractivity contribution in [1.82, 2.24) is 19.6 Å². The lowest BCUT2D eigenvalue weighted by molar-refractivity contribution is 0.711. The Labute approximate surface area is 95.1 Å². The molecule has 0 aliphatic heterocycles. The number of anilines is 1. The zero-order chi connectivity index (χ0) is 11.5. The first-order valence-electron chi connectivity index (χ1n) is 5.38. The van der Waals surface area contributed by atoms with Gasteiger partial charge in [-0.15, -0.1) is 0 Å². The summed E-state index contributed by atoms with van der Waals surface area (Å²) in [5.74, 6) is 0. The van der Waals surface area contributed by atoms with Crippen molar-refractivity contribution in [3.05, 3.63) is 29.8 Å². The number of aryl methyl sites for hydroxylation is 3. The zero-order valence-electron chi connectivity index (χ0n) is 9.94. The van der Waals surface area contributed by atoms with Crippen LogP contribution in [0.4, 0.5) is 5.69 Å². The van der Waals surface area contributed by atoms with Crippen LogP contribution in [0.3, 0.4) is 0 Å². The summed E-state index contributed by atoms with van der Waals surface area (Å²) in [4.78, 5) is 0. The quantitative estimate of drug-likeness (QED) is 0.838. The molecular weight excluding hydrogens is 202 g/mol. The standard InChI is InChI=1S/C11H17N5/c1-9-11(8-15(2)14-9)12-6-4-10-5-7-13-16(10)3/h5,7-8,12H,4,6H2,1-3H3. The van der Waals surface area contributed by atoms with Crippen LogP contribution in [0.2, 0.25) is 0 Å². The van der Waals surface area contributed by atoms with Gasteiger partial charge in [0, 0.05) is 45.1 Å². The average molecular weight is 219 g/mol. The number of rotatable bonds is 4. The lowest BCUT2D eigenvalue weighted by atomic mass is 10.3. The molecule has 2 aromatic heterocycles. The van der Waals surface area contributed by atoms with Gasteiger partial charge >= 0.3 is 0 Å². The molecule has 0 aromatic carbocycles. The number of nitrogens with zero attached hydrogens (tertiary/aromatic N) is 4. The molecule has 0 unspecified atom stereocenters. The lowest BCUT2D eigenvalue weighted by Crippen LogP contribution is -2.08. The Morgan fingerprint density at radius 3 is 2.75 bits per heavy atom. The van der Waals surface area contributed by atoms with E-state index in [1.165, 1.54) is 5.69 Å². The van der Waals surface area contributed by atoms with Gasteiger partial charge < -0.3 is 5.32 Å². The van der Waals surface area contributed by atoms with Gasteiger partial charge in [0.25, 0.3) is 0 Å². The van der Waals surface area contributed by atoms with Crippen molar-refractivity contribution in [1.29, 1.82) is 0 Å². The zero-order valence-corrected chi connectivity index (χ0v) is 9.94. The minimum absolute atomic E-state index is 0.895. The summed E-state index contributed by atoms with van der Waals surface area (Å²) in [6, 6.07) is 2.04. The van der Waals surface area contributed by atoms with Crippen LogP contribution in [0.5, 0.6) is 0 Å². The second-order valence-corrected chi connectivity index (χ2v) is 3.92. The van der Waals surface area contributed by atoms with Gasteiger partial charge in [-0.25, -0.2) is 0 Å². The summed E-state index contributed by atoms with van der Waals surface area (Å²) in [5.41, 5.74) is 3.37. The van der Waals surface area contributed by atoms with Crippen LogP contribution in [0.25, 0.3) is 0 Å². The van der Waals surface area contributed by atoms with E-state index in [-0.39, 0.29) is 0 Å². The molecular formula is C11H17N5. The van der Waals surface area contributed by atoms with Gasteiger partial charge in [-0.1, -0.05) is 0 Å². The van der Waals surface area contributed by atoms with Crippen molar-refractivity contribution < 1.29 is 0 Å². The number of hydrogen-bond donors (Lipinski definition) is 1. The second-order valence-electron chi connectivity index (χ2n) is 3.92. The third kappa shape index (κ3) is 2.24. The van der Waals surface area contributed by atoms with E-state index in [2.05, 4.69) is 15.5 Å². The van der Waals surface area contributed by atoms with E-state index in [9.17, 15) is 0 Å². The number of hydrogen-bond acceptors (Lipinski definition) is 3. The van der Waals surface area contributed by atoms with E-state index in [4.69, 9.17) is 0 Å². The van der Waals surface area contributed by atoms with Crippen molar-refractivity contribution in [2.45, 2.75) is 13.3 Å². The fourth-order valence-electron chi connectivity index (χ4n) is 1.74. The van der Waals surface area contributed by atoms with Gasteiger partial charge in [0.15, 0.2) is 0 Å². The van der Waals surface area contributed by atoms with Crippen LogP contribution in [0.15, 0.2) is 18.5 Å². The highest BCUT2D eigenvalue weighted by Gasteiger charge is 2.02. The average Bonchev–Trinajstić information content (AvgIpc) is 2.75. The van der Waals surface area contributed by atoms with E-state index >= 15 is 0 Å². The SMILES string of the molecule is Cc1nn(C)cc1NCCc1ccnn1C. The minimum Gasteiger partial charge on any atom is -0.382 e. The molecule has 0 aliphatic rings. The highest BCUT2D eigenvalue weighted by Crippen LogP contribution is 2.11. The van der Waals surface area contributed by atoms with Crippen molar-refractivity contribution in [3.63, 3.8) is 0 Å². The molecule has 0 atom stereocenters. The Hall–Kier alpha value is -1.78. The Bertz CT molecular complexity index is 468. The molecule has 2 aromatic rings. The van der Waals surface area contributed by atoms with E-state index < -0.39 is 0 Å². The monoisotopic (exact) mass is 219 g/mol. The van der Waals surface area contributed by atoms with E-state index in [1.807, 2.05) is 48.8 Å². The maximum atomic E-state index is 4.28. The largest absolute Gasteiger partial charge is 0.382 e. The fourth-order valence-corrected chi connectivity index (χ4v) is 1.74. The number of nitrogens with one attached hydrogen (secondary N) is 1. The second kappa shape index (κ2) is 4.38. The van der Waals surface area contributed by atoms with Crippen molar-refractivity contribution in [2.24, 2.45) is 14.1 Å². The molecule has 86 valence electrons. The van der Waals surface area contributed by atoms with Crippen LogP contribution in [-0.2, 0) is 20.5 Å². The van der Waals surface area contributed by atoms with Gasteiger partial charge in [-0.2, -0.15) is 10.2 Å². The fraction of sp³-hybridized carbons (Fsp3) is 0.455. The third-order valence-corrected chi connectivity index (χ3v) is 2.63. The summed E-state index contributed by atoms with van der Waals surface area (Å²) < 4.78 is 3.72. The Morgan fingerprint density at radius 1 is 1.38 bits per heavy atom. The summed E-state index contributed by atoms with van der Waals surface area (Å²) in [6.45, 7) is 2.90. The van der Waals surface area contributed by atoms with Crippen LogP contribution >= 0.6 is 0 Å². The van der Waals surface area contributed by atoms with Gasteiger partial charge in [0.1, 0.15) is 0 Å². The summed E-state index contributed by atoms with van der Waals surface area (Å²) in [5, 5.41) is 11.8. The molecule has 0 saturated heterocycles. The van der Waals surface area contributed by atoms with Crippen molar-refractivity contribution >= 4 is 5.69 Å². The molecule has 0 aliphatic carbocycles. The van der Waals surface area contributed by atoms with Crippen molar-refractivity contribution in [2.75, 3.05) is 11.9 Å². The Balaban J connectivity index is 1.89. The molecule has 0 spiro atoms.